The number of carbonyl (C=O) groups is 2. The number of hydrogen-bond donors (Lipinski definition) is 1. The number of amides is 1. The lowest BCUT2D eigenvalue weighted by Gasteiger charge is -2.03. The zero-order valence-corrected chi connectivity index (χ0v) is 10.6. The molecule has 0 aromatic carbocycles. The van der Waals surface area contributed by atoms with Gasteiger partial charge in [-0.3, -0.25) is 4.79 Å². The Labute approximate surface area is 106 Å². The van der Waals surface area contributed by atoms with E-state index in [9.17, 15) is 9.59 Å². The third kappa shape index (κ3) is 2.54. The Hall–Kier alpha value is -1.66. The Balaban J connectivity index is 2.17. The summed E-state index contributed by atoms with van der Waals surface area (Å²) >= 11 is 2.68. The van der Waals surface area contributed by atoms with Crippen molar-refractivity contribution in [1.29, 1.82) is 0 Å². The molecule has 0 spiro atoms. The van der Waals surface area contributed by atoms with E-state index in [1.165, 1.54) is 29.8 Å². The van der Waals surface area contributed by atoms with Gasteiger partial charge in [0.1, 0.15) is 4.88 Å². The van der Waals surface area contributed by atoms with Crippen LogP contribution in [0.3, 0.4) is 0 Å². The Morgan fingerprint density at radius 1 is 1.29 bits per heavy atom. The van der Waals surface area contributed by atoms with E-state index in [-0.39, 0.29) is 5.91 Å². The number of methoxy groups -OCH3 is 1. The zero-order chi connectivity index (χ0) is 12.3. The van der Waals surface area contributed by atoms with Crippen molar-refractivity contribution >= 4 is 40.2 Å². The first kappa shape index (κ1) is 11.8. The third-order valence-electron chi connectivity index (χ3n) is 2.07. The molecular weight excluding hydrogens is 258 g/mol. The van der Waals surface area contributed by atoms with Gasteiger partial charge < -0.3 is 10.1 Å². The topological polar surface area (TPSA) is 55.4 Å². The number of ether oxygens (including phenoxy) is 1. The lowest BCUT2D eigenvalue weighted by atomic mass is 10.3. The van der Waals surface area contributed by atoms with Gasteiger partial charge in [0.2, 0.25) is 0 Å². The van der Waals surface area contributed by atoms with Crippen LogP contribution in [-0.2, 0) is 4.74 Å². The standard InChI is InChI=1S/C11H9NO3S2/c1-15-11(14)9-8(3-5-17-9)12-10(13)7-2-4-16-6-7/h2-6H,1H3,(H,12,13). The first-order valence-corrected chi connectivity index (χ1v) is 6.54. The first-order valence-electron chi connectivity index (χ1n) is 4.71. The second kappa shape index (κ2) is 5.11. The number of anilines is 1. The lowest BCUT2D eigenvalue weighted by Crippen LogP contribution is -2.13. The van der Waals surface area contributed by atoms with Gasteiger partial charge in [-0.2, -0.15) is 11.3 Å². The van der Waals surface area contributed by atoms with E-state index in [0.717, 1.165) is 0 Å². The summed E-state index contributed by atoms with van der Waals surface area (Å²) in [6.07, 6.45) is 0. The van der Waals surface area contributed by atoms with Crippen LogP contribution in [0.15, 0.2) is 28.3 Å². The Kier molecular flexibility index (Phi) is 3.55. The third-order valence-corrected chi connectivity index (χ3v) is 3.65. The molecule has 2 aromatic heterocycles. The minimum absolute atomic E-state index is 0.227. The predicted octanol–water partition coefficient (Wildman–Crippen LogP) is 2.85. The van der Waals surface area contributed by atoms with Gasteiger partial charge in [-0.05, 0) is 22.9 Å². The largest absolute Gasteiger partial charge is 0.465 e. The quantitative estimate of drug-likeness (QED) is 0.870. The maximum Gasteiger partial charge on any atom is 0.350 e. The molecule has 1 amide bonds. The summed E-state index contributed by atoms with van der Waals surface area (Å²) in [6.45, 7) is 0. The highest BCUT2D eigenvalue weighted by molar-refractivity contribution is 7.12. The maximum absolute atomic E-state index is 11.8. The average molecular weight is 267 g/mol. The van der Waals surface area contributed by atoms with Crippen LogP contribution in [-0.4, -0.2) is 19.0 Å². The molecule has 0 saturated heterocycles. The highest BCUT2D eigenvalue weighted by atomic mass is 32.1. The molecule has 0 radical (unpaired) electrons. The molecule has 17 heavy (non-hydrogen) atoms. The van der Waals surface area contributed by atoms with Crippen LogP contribution in [0, 0.1) is 0 Å². The molecule has 0 saturated carbocycles. The van der Waals surface area contributed by atoms with Crippen LogP contribution >= 0.6 is 22.7 Å². The summed E-state index contributed by atoms with van der Waals surface area (Å²) in [5, 5.41) is 7.99. The number of esters is 1. The predicted molar refractivity (Wildman–Crippen MR) is 67.9 cm³/mol. The zero-order valence-electron chi connectivity index (χ0n) is 8.93. The molecule has 0 aliphatic carbocycles. The second-order valence-corrected chi connectivity index (χ2v) is 4.82. The van der Waals surface area contributed by atoms with E-state index in [0.29, 0.717) is 16.1 Å². The molecule has 0 bridgehead atoms. The molecule has 2 heterocycles. The second-order valence-electron chi connectivity index (χ2n) is 3.12. The summed E-state index contributed by atoms with van der Waals surface area (Å²) in [4.78, 5) is 23.6. The smallest absolute Gasteiger partial charge is 0.350 e. The summed E-state index contributed by atoms with van der Waals surface area (Å²) in [5.74, 6) is -0.671. The van der Waals surface area contributed by atoms with E-state index in [2.05, 4.69) is 10.1 Å². The SMILES string of the molecule is COC(=O)c1sccc1NC(=O)c1ccsc1. The van der Waals surface area contributed by atoms with Crippen LogP contribution in [0.2, 0.25) is 0 Å². The van der Waals surface area contributed by atoms with Crippen molar-refractivity contribution in [2.45, 2.75) is 0 Å². The number of thiophene rings is 2. The highest BCUT2D eigenvalue weighted by Crippen LogP contribution is 2.23. The van der Waals surface area contributed by atoms with Crippen molar-refractivity contribution in [1.82, 2.24) is 0 Å². The number of carbonyl (C=O) groups excluding carboxylic acids is 2. The molecule has 1 N–H and O–H groups in total. The fraction of sp³-hybridized carbons (Fsp3) is 0.0909. The van der Waals surface area contributed by atoms with E-state index in [4.69, 9.17) is 0 Å². The van der Waals surface area contributed by atoms with Crippen molar-refractivity contribution < 1.29 is 14.3 Å². The van der Waals surface area contributed by atoms with E-state index < -0.39 is 5.97 Å². The fourth-order valence-corrected chi connectivity index (χ4v) is 2.65. The van der Waals surface area contributed by atoms with Crippen molar-refractivity contribution in [2.75, 3.05) is 12.4 Å². The lowest BCUT2D eigenvalue weighted by molar-refractivity contribution is 0.0607. The molecule has 2 rings (SSSR count). The van der Waals surface area contributed by atoms with Gasteiger partial charge >= 0.3 is 5.97 Å². The van der Waals surface area contributed by atoms with Gasteiger partial charge in [0, 0.05) is 5.38 Å². The monoisotopic (exact) mass is 267 g/mol. The molecule has 0 fully saturated rings. The minimum atomic E-state index is -0.444. The number of rotatable bonds is 3. The first-order chi connectivity index (χ1) is 8.22. The van der Waals surface area contributed by atoms with Crippen molar-refractivity contribution in [2.24, 2.45) is 0 Å². The maximum atomic E-state index is 11.8. The number of nitrogens with one attached hydrogen (secondary N) is 1. The molecule has 4 nitrogen and oxygen atoms in total. The number of hydrogen-bond acceptors (Lipinski definition) is 5. The summed E-state index contributed by atoms with van der Waals surface area (Å²) in [7, 11) is 1.31. The average Bonchev–Trinajstić information content (AvgIpc) is 2.98. The summed E-state index contributed by atoms with van der Waals surface area (Å²) in [6, 6.07) is 3.41. The van der Waals surface area contributed by atoms with Crippen LogP contribution in [0.1, 0.15) is 20.0 Å². The van der Waals surface area contributed by atoms with Gasteiger partial charge in [0.15, 0.2) is 0 Å². The van der Waals surface area contributed by atoms with Gasteiger partial charge in [-0.15, -0.1) is 11.3 Å². The normalized spacial score (nSPS) is 9.94. The molecular formula is C11H9NO3S2. The molecule has 6 heteroatoms. The van der Waals surface area contributed by atoms with Crippen LogP contribution in [0.25, 0.3) is 0 Å². The van der Waals surface area contributed by atoms with Crippen molar-refractivity contribution in [3.05, 3.63) is 38.7 Å². The van der Waals surface area contributed by atoms with Gasteiger partial charge in [0.25, 0.3) is 5.91 Å². The van der Waals surface area contributed by atoms with Crippen molar-refractivity contribution in [3.63, 3.8) is 0 Å². The van der Waals surface area contributed by atoms with Gasteiger partial charge in [-0.1, -0.05) is 0 Å². The summed E-state index contributed by atoms with van der Waals surface area (Å²) in [5.41, 5.74) is 1.06. The van der Waals surface area contributed by atoms with Crippen LogP contribution in [0.5, 0.6) is 0 Å². The Bertz CT molecular complexity index is 531. The molecule has 0 atom stereocenters. The Morgan fingerprint density at radius 2 is 2.12 bits per heavy atom. The molecule has 0 aliphatic heterocycles. The minimum Gasteiger partial charge on any atom is -0.465 e. The van der Waals surface area contributed by atoms with E-state index in [1.54, 1.807) is 22.9 Å². The van der Waals surface area contributed by atoms with Crippen LogP contribution < -0.4 is 5.32 Å². The van der Waals surface area contributed by atoms with Crippen molar-refractivity contribution in [3.8, 4) is 0 Å². The molecule has 0 aliphatic rings. The molecule has 88 valence electrons. The van der Waals surface area contributed by atoms with Gasteiger partial charge in [0.05, 0.1) is 18.4 Å². The molecule has 0 unspecified atom stereocenters. The summed E-state index contributed by atoms with van der Waals surface area (Å²) < 4.78 is 4.63. The van der Waals surface area contributed by atoms with Crippen LogP contribution in [0.4, 0.5) is 5.69 Å². The van der Waals surface area contributed by atoms with E-state index in [1.807, 2.05) is 5.38 Å². The highest BCUT2D eigenvalue weighted by Gasteiger charge is 2.16. The van der Waals surface area contributed by atoms with E-state index >= 15 is 0 Å². The molecule has 2 aromatic rings. The Morgan fingerprint density at radius 3 is 2.76 bits per heavy atom. The van der Waals surface area contributed by atoms with Gasteiger partial charge in [-0.25, -0.2) is 4.79 Å². The fourth-order valence-electron chi connectivity index (χ4n) is 1.25.